The number of carboxylic acid groups (broad SMARTS) is 1. The predicted octanol–water partition coefficient (Wildman–Crippen LogP) is 0.477. The van der Waals surface area contributed by atoms with E-state index in [0.29, 0.717) is 58.7 Å². The third kappa shape index (κ3) is 15.4. The SMILES string of the molecule is CC(=O)CCCOCCOCCC(=O)NCCCCC(N)C(=O)O. The summed E-state index contributed by atoms with van der Waals surface area (Å²) >= 11 is 0. The normalized spacial score (nSPS) is 11.9. The van der Waals surface area contributed by atoms with Gasteiger partial charge in [-0.1, -0.05) is 0 Å². The van der Waals surface area contributed by atoms with Gasteiger partial charge >= 0.3 is 5.97 Å². The number of ketones is 1. The Morgan fingerprint density at radius 3 is 2.29 bits per heavy atom. The lowest BCUT2D eigenvalue weighted by molar-refractivity contribution is -0.138. The lowest BCUT2D eigenvalue weighted by Gasteiger charge is -2.08. The van der Waals surface area contributed by atoms with E-state index in [1.807, 2.05) is 0 Å². The van der Waals surface area contributed by atoms with Gasteiger partial charge in [0.1, 0.15) is 11.8 Å². The molecular weight excluding hydrogens is 316 g/mol. The molecule has 0 heterocycles. The van der Waals surface area contributed by atoms with Gasteiger partial charge in [0.15, 0.2) is 0 Å². The molecule has 0 aliphatic rings. The number of unbranched alkanes of at least 4 members (excludes halogenated alkanes) is 1. The number of carboxylic acids is 1. The van der Waals surface area contributed by atoms with Crippen molar-refractivity contribution in [3.63, 3.8) is 0 Å². The lowest BCUT2D eigenvalue weighted by Crippen LogP contribution is -2.30. The van der Waals surface area contributed by atoms with Crippen molar-refractivity contribution in [1.29, 1.82) is 0 Å². The highest BCUT2D eigenvalue weighted by Gasteiger charge is 2.10. The van der Waals surface area contributed by atoms with Crippen LogP contribution in [0.2, 0.25) is 0 Å². The molecule has 0 radical (unpaired) electrons. The van der Waals surface area contributed by atoms with Crippen molar-refractivity contribution in [2.75, 3.05) is 33.0 Å². The van der Waals surface area contributed by atoms with Crippen LogP contribution in [0.15, 0.2) is 0 Å². The number of hydrogen-bond acceptors (Lipinski definition) is 6. The molecule has 8 nitrogen and oxygen atoms in total. The topological polar surface area (TPSA) is 128 Å². The number of ether oxygens (including phenoxy) is 2. The molecule has 8 heteroatoms. The van der Waals surface area contributed by atoms with Gasteiger partial charge in [0.05, 0.1) is 19.8 Å². The van der Waals surface area contributed by atoms with Crippen molar-refractivity contribution in [1.82, 2.24) is 5.32 Å². The van der Waals surface area contributed by atoms with E-state index in [9.17, 15) is 14.4 Å². The van der Waals surface area contributed by atoms with Crippen molar-refractivity contribution in [3.8, 4) is 0 Å². The molecule has 24 heavy (non-hydrogen) atoms. The summed E-state index contributed by atoms with van der Waals surface area (Å²) in [5, 5.41) is 11.4. The minimum atomic E-state index is -1.00. The Labute approximate surface area is 143 Å². The molecule has 4 N–H and O–H groups in total. The largest absolute Gasteiger partial charge is 0.480 e. The van der Waals surface area contributed by atoms with E-state index in [1.165, 1.54) is 0 Å². The second-order valence-electron chi connectivity index (χ2n) is 5.57. The standard InChI is InChI=1S/C16H30N2O6/c1-13(19)5-4-9-23-11-12-24-10-7-15(20)18-8-3-2-6-14(17)16(21)22/h14H,2-12,17H2,1H3,(H,18,20)(H,21,22). The Kier molecular flexibility index (Phi) is 14.1. The van der Waals surface area contributed by atoms with Crippen LogP contribution in [-0.2, 0) is 23.9 Å². The number of carbonyl (C=O) groups excluding carboxylic acids is 2. The van der Waals surface area contributed by atoms with Gasteiger partial charge in [-0.3, -0.25) is 9.59 Å². The van der Waals surface area contributed by atoms with Crippen LogP contribution in [0.25, 0.3) is 0 Å². The maximum Gasteiger partial charge on any atom is 0.320 e. The molecule has 0 aromatic rings. The van der Waals surface area contributed by atoms with Crippen LogP contribution in [0.1, 0.15) is 45.4 Å². The zero-order valence-electron chi connectivity index (χ0n) is 14.4. The predicted molar refractivity (Wildman–Crippen MR) is 88.6 cm³/mol. The Morgan fingerprint density at radius 1 is 1.00 bits per heavy atom. The van der Waals surface area contributed by atoms with E-state index < -0.39 is 12.0 Å². The van der Waals surface area contributed by atoms with Crippen LogP contribution in [0.5, 0.6) is 0 Å². The summed E-state index contributed by atoms with van der Waals surface area (Å²) in [6.45, 7) is 3.79. The minimum Gasteiger partial charge on any atom is -0.480 e. The molecule has 0 bridgehead atoms. The zero-order valence-corrected chi connectivity index (χ0v) is 14.4. The van der Waals surface area contributed by atoms with E-state index in [0.717, 1.165) is 6.42 Å². The quantitative estimate of drug-likeness (QED) is 0.347. The Balaban J connectivity index is 3.29. The van der Waals surface area contributed by atoms with Crippen molar-refractivity contribution in [2.24, 2.45) is 5.73 Å². The summed E-state index contributed by atoms with van der Waals surface area (Å²) in [4.78, 5) is 32.7. The van der Waals surface area contributed by atoms with Crippen LogP contribution in [-0.4, -0.2) is 61.8 Å². The third-order valence-corrected chi connectivity index (χ3v) is 3.24. The fraction of sp³-hybridized carbons (Fsp3) is 0.812. The Morgan fingerprint density at radius 2 is 1.67 bits per heavy atom. The number of carbonyl (C=O) groups is 3. The monoisotopic (exact) mass is 346 g/mol. The molecule has 140 valence electrons. The maximum absolute atomic E-state index is 11.5. The first-order chi connectivity index (χ1) is 11.4. The maximum atomic E-state index is 11.5. The van der Waals surface area contributed by atoms with E-state index >= 15 is 0 Å². The molecular formula is C16H30N2O6. The highest BCUT2D eigenvalue weighted by molar-refractivity contribution is 5.76. The zero-order chi connectivity index (χ0) is 18.2. The van der Waals surface area contributed by atoms with Crippen LogP contribution in [0.3, 0.4) is 0 Å². The van der Waals surface area contributed by atoms with E-state index in [2.05, 4.69) is 5.32 Å². The van der Waals surface area contributed by atoms with E-state index in [1.54, 1.807) is 6.92 Å². The molecule has 0 spiro atoms. The summed E-state index contributed by atoms with van der Waals surface area (Å²) in [6, 6.07) is -0.834. The molecule has 0 fully saturated rings. The average molecular weight is 346 g/mol. The molecule has 0 aromatic heterocycles. The van der Waals surface area contributed by atoms with Crippen molar-refractivity contribution < 1.29 is 29.0 Å². The number of rotatable bonds is 16. The number of hydrogen-bond donors (Lipinski definition) is 3. The van der Waals surface area contributed by atoms with Gasteiger partial charge in [-0.05, 0) is 32.6 Å². The van der Waals surface area contributed by atoms with Crippen molar-refractivity contribution in [3.05, 3.63) is 0 Å². The van der Waals surface area contributed by atoms with Gasteiger partial charge in [0, 0.05) is 26.0 Å². The van der Waals surface area contributed by atoms with Crippen LogP contribution in [0.4, 0.5) is 0 Å². The number of amides is 1. The van der Waals surface area contributed by atoms with Crippen molar-refractivity contribution in [2.45, 2.75) is 51.5 Å². The Hall–Kier alpha value is -1.51. The minimum absolute atomic E-state index is 0.0973. The molecule has 0 aliphatic heterocycles. The highest BCUT2D eigenvalue weighted by atomic mass is 16.5. The summed E-state index contributed by atoms with van der Waals surface area (Å²) in [7, 11) is 0. The number of aliphatic carboxylic acids is 1. The first kappa shape index (κ1) is 22.5. The Bertz CT molecular complexity index is 376. The molecule has 0 saturated carbocycles. The fourth-order valence-electron chi connectivity index (χ4n) is 1.84. The van der Waals surface area contributed by atoms with Crippen LogP contribution < -0.4 is 11.1 Å². The van der Waals surface area contributed by atoms with Gasteiger partial charge in [-0.2, -0.15) is 0 Å². The van der Waals surface area contributed by atoms with Gasteiger partial charge in [-0.15, -0.1) is 0 Å². The first-order valence-electron chi connectivity index (χ1n) is 8.33. The third-order valence-electron chi connectivity index (χ3n) is 3.24. The summed E-state index contributed by atoms with van der Waals surface area (Å²) < 4.78 is 10.6. The molecule has 1 amide bonds. The van der Waals surface area contributed by atoms with Gasteiger partial charge in [-0.25, -0.2) is 0 Å². The highest BCUT2D eigenvalue weighted by Crippen LogP contribution is 1.98. The van der Waals surface area contributed by atoms with E-state index in [4.69, 9.17) is 20.3 Å². The second kappa shape index (κ2) is 15.0. The average Bonchev–Trinajstić information content (AvgIpc) is 2.52. The number of Topliss-reactive ketones (excluding diaryl/α,β-unsaturated/α-hetero) is 1. The van der Waals surface area contributed by atoms with Crippen LogP contribution >= 0.6 is 0 Å². The second-order valence-corrected chi connectivity index (χ2v) is 5.57. The molecule has 0 aliphatic carbocycles. The molecule has 0 rings (SSSR count). The van der Waals surface area contributed by atoms with Gasteiger partial charge in [0.25, 0.3) is 0 Å². The number of nitrogens with one attached hydrogen (secondary N) is 1. The number of nitrogens with two attached hydrogens (primary N) is 1. The molecule has 1 atom stereocenters. The first-order valence-corrected chi connectivity index (χ1v) is 8.33. The molecule has 1 unspecified atom stereocenters. The van der Waals surface area contributed by atoms with Gasteiger partial charge < -0.3 is 30.4 Å². The summed E-state index contributed by atoms with van der Waals surface area (Å²) in [5.74, 6) is -0.940. The molecule has 0 saturated heterocycles. The lowest BCUT2D eigenvalue weighted by atomic mass is 10.1. The fourth-order valence-corrected chi connectivity index (χ4v) is 1.84. The smallest absolute Gasteiger partial charge is 0.320 e. The van der Waals surface area contributed by atoms with Crippen molar-refractivity contribution >= 4 is 17.7 Å². The van der Waals surface area contributed by atoms with Crippen LogP contribution in [0, 0.1) is 0 Å². The van der Waals surface area contributed by atoms with E-state index in [-0.39, 0.29) is 18.1 Å². The molecule has 0 aromatic carbocycles. The van der Waals surface area contributed by atoms with Gasteiger partial charge in [0.2, 0.25) is 5.91 Å². The summed E-state index contributed by atoms with van der Waals surface area (Å²) in [5.41, 5.74) is 5.38. The summed E-state index contributed by atoms with van der Waals surface area (Å²) in [6.07, 6.45) is 3.28.